The van der Waals surface area contributed by atoms with E-state index < -0.39 is 5.91 Å². The Balaban J connectivity index is 2.41. The number of fused-ring (bicyclic) bond motifs is 1. The Morgan fingerprint density at radius 3 is 2.94 bits per heavy atom. The molecular formula is C13H15N3O2. The van der Waals surface area contributed by atoms with Crippen molar-refractivity contribution in [2.75, 3.05) is 25.6 Å². The van der Waals surface area contributed by atoms with Crippen LogP contribution in [0.1, 0.15) is 10.4 Å². The number of aromatic nitrogens is 1. The fourth-order valence-corrected chi connectivity index (χ4v) is 1.71. The zero-order chi connectivity index (χ0) is 13.0. The van der Waals surface area contributed by atoms with Crippen molar-refractivity contribution in [1.29, 1.82) is 0 Å². The van der Waals surface area contributed by atoms with Gasteiger partial charge in [0.05, 0.1) is 17.7 Å². The van der Waals surface area contributed by atoms with E-state index in [2.05, 4.69) is 10.3 Å². The second kappa shape index (κ2) is 5.46. The number of hydrogen-bond acceptors (Lipinski definition) is 4. The van der Waals surface area contributed by atoms with Crippen molar-refractivity contribution < 1.29 is 9.53 Å². The molecule has 5 heteroatoms. The number of hydrogen-bond donors (Lipinski definition) is 2. The quantitative estimate of drug-likeness (QED) is 0.780. The maximum atomic E-state index is 11.4. The minimum absolute atomic E-state index is 0.393. The van der Waals surface area contributed by atoms with Gasteiger partial charge in [-0.3, -0.25) is 4.79 Å². The molecule has 0 spiro atoms. The van der Waals surface area contributed by atoms with E-state index in [1.807, 2.05) is 24.3 Å². The first kappa shape index (κ1) is 12.3. The van der Waals surface area contributed by atoms with Gasteiger partial charge in [0.15, 0.2) is 0 Å². The van der Waals surface area contributed by atoms with Gasteiger partial charge >= 0.3 is 0 Å². The molecule has 0 radical (unpaired) electrons. The van der Waals surface area contributed by atoms with E-state index in [0.29, 0.717) is 24.5 Å². The standard InChI is InChI=1S/C13H15N3O2/c1-18-7-6-15-13-10(12(14)17)8-9-4-2-3-5-11(9)16-13/h2-5,8H,6-7H2,1H3,(H2,14,17)(H,15,16). The number of amides is 1. The minimum Gasteiger partial charge on any atom is -0.383 e. The summed E-state index contributed by atoms with van der Waals surface area (Å²) < 4.78 is 4.94. The van der Waals surface area contributed by atoms with Crippen LogP contribution in [0.25, 0.3) is 10.9 Å². The molecule has 0 aliphatic heterocycles. The van der Waals surface area contributed by atoms with Crippen LogP contribution in [-0.4, -0.2) is 31.2 Å². The molecule has 0 saturated carbocycles. The third-order valence-electron chi connectivity index (χ3n) is 2.59. The van der Waals surface area contributed by atoms with E-state index >= 15 is 0 Å². The van der Waals surface area contributed by atoms with E-state index in [1.54, 1.807) is 13.2 Å². The number of nitrogens with one attached hydrogen (secondary N) is 1. The number of benzene rings is 1. The molecule has 3 N–H and O–H groups in total. The largest absolute Gasteiger partial charge is 0.383 e. The molecule has 1 amide bonds. The number of carbonyl (C=O) groups excluding carboxylic acids is 1. The zero-order valence-electron chi connectivity index (χ0n) is 10.1. The van der Waals surface area contributed by atoms with Crippen molar-refractivity contribution in [1.82, 2.24) is 4.98 Å². The van der Waals surface area contributed by atoms with Gasteiger partial charge in [0.2, 0.25) is 0 Å². The van der Waals surface area contributed by atoms with E-state index in [0.717, 1.165) is 10.9 Å². The predicted octanol–water partition coefficient (Wildman–Crippen LogP) is 1.39. The number of anilines is 1. The molecule has 2 aromatic rings. The Hall–Kier alpha value is -2.14. The van der Waals surface area contributed by atoms with Crippen LogP contribution in [-0.2, 0) is 4.74 Å². The summed E-state index contributed by atoms with van der Waals surface area (Å²) in [6, 6.07) is 9.33. The molecule has 0 bridgehead atoms. The number of rotatable bonds is 5. The third kappa shape index (κ3) is 2.57. The van der Waals surface area contributed by atoms with Crippen LogP contribution in [0.3, 0.4) is 0 Å². The summed E-state index contributed by atoms with van der Waals surface area (Å²) in [6.07, 6.45) is 0. The van der Waals surface area contributed by atoms with Crippen LogP contribution in [0.4, 0.5) is 5.82 Å². The zero-order valence-corrected chi connectivity index (χ0v) is 10.1. The van der Waals surface area contributed by atoms with Crippen LogP contribution in [0, 0.1) is 0 Å². The van der Waals surface area contributed by atoms with Gasteiger partial charge in [-0.15, -0.1) is 0 Å². The number of ether oxygens (including phenoxy) is 1. The summed E-state index contributed by atoms with van der Waals surface area (Å²) in [7, 11) is 1.62. The maximum Gasteiger partial charge on any atom is 0.252 e. The van der Waals surface area contributed by atoms with Crippen molar-refractivity contribution in [2.45, 2.75) is 0 Å². The lowest BCUT2D eigenvalue weighted by Gasteiger charge is -2.10. The van der Waals surface area contributed by atoms with Gasteiger partial charge in [-0.1, -0.05) is 18.2 Å². The van der Waals surface area contributed by atoms with E-state index in [-0.39, 0.29) is 0 Å². The second-order valence-electron chi connectivity index (χ2n) is 3.86. The number of nitrogens with zero attached hydrogens (tertiary/aromatic N) is 1. The summed E-state index contributed by atoms with van der Waals surface area (Å²) in [5.74, 6) is 0.00594. The van der Waals surface area contributed by atoms with Gasteiger partial charge in [-0.2, -0.15) is 0 Å². The van der Waals surface area contributed by atoms with Crippen molar-refractivity contribution in [3.8, 4) is 0 Å². The SMILES string of the molecule is COCCNc1nc2ccccc2cc1C(N)=O. The van der Waals surface area contributed by atoms with E-state index in [9.17, 15) is 4.79 Å². The number of methoxy groups -OCH3 is 1. The molecule has 0 aliphatic rings. The van der Waals surface area contributed by atoms with Crippen molar-refractivity contribution >= 4 is 22.6 Å². The lowest BCUT2D eigenvalue weighted by Crippen LogP contribution is -2.17. The molecule has 0 atom stereocenters. The highest BCUT2D eigenvalue weighted by Gasteiger charge is 2.11. The fraction of sp³-hybridized carbons (Fsp3) is 0.231. The monoisotopic (exact) mass is 245 g/mol. The van der Waals surface area contributed by atoms with Crippen LogP contribution < -0.4 is 11.1 Å². The molecule has 5 nitrogen and oxygen atoms in total. The molecule has 0 saturated heterocycles. The number of para-hydroxylation sites is 1. The topological polar surface area (TPSA) is 77.2 Å². The number of nitrogens with two attached hydrogens (primary N) is 1. The lowest BCUT2D eigenvalue weighted by molar-refractivity contribution is 0.100. The second-order valence-corrected chi connectivity index (χ2v) is 3.86. The smallest absolute Gasteiger partial charge is 0.252 e. The Kier molecular flexibility index (Phi) is 3.74. The molecular weight excluding hydrogens is 230 g/mol. The molecule has 0 fully saturated rings. The third-order valence-corrected chi connectivity index (χ3v) is 2.59. The summed E-state index contributed by atoms with van der Waals surface area (Å²) in [4.78, 5) is 15.8. The number of primary amides is 1. The highest BCUT2D eigenvalue weighted by atomic mass is 16.5. The Morgan fingerprint density at radius 1 is 1.44 bits per heavy atom. The van der Waals surface area contributed by atoms with Crippen molar-refractivity contribution in [3.05, 3.63) is 35.9 Å². The average molecular weight is 245 g/mol. The van der Waals surface area contributed by atoms with Crippen LogP contribution in [0.5, 0.6) is 0 Å². The molecule has 18 heavy (non-hydrogen) atoms. The summed E-state index contributed by atoms with van der Waals surface area (Å²) >= 11 is 0. The molecule has 1 aromatic carbocycles. The Morgan fingerprint density at radius 2 is 2.22 bits per heavy atom. The van der Waals surface area contributed by atoms with Gasteiger partial charge in [0, 0.05) is 19.0 Å². The summed E-state index contributed by atoms with van der Waals surface area (Å²) in [6.45, 7) is 1.11. The number of pyridine rings is 1. The molecule has 0 aliphatic carbocycles. The van der Waals surface area contributed by atoms with Gasteiger partial charge in [0.25, 0.3) is 5.91 Å². The van der Waals surface area contributed by atoms with Crippen molar-refractivity contribution in [2.24, 2.45) is 5.73 Å². The highest BCUT2D eigenvalue weighted by molar-refractivity contribution is 6.01. The van der Waals surface area contributed by atoms with E-state index in [4.69, 9.17) is 10.5 Å². The summed E-state index contributed by atoms with van der Waals surface area (Å²) in [5.41, 5.74) is 6.57. The minimum atomic E-state index is -0.492. The van der Waals surface area contributed by atoms with Crippen LogP contribution >= 0.6 is 0 Å². The summed E-state index contributed by atoms with van der Waals surface area (Å²) in [5, 5.41) is 3.94. The highest BCUT2D eigenvalue weighted by Crippen LogP contribution is 2.19. The van der Waals surface area contributed by atoms with E-state index in [1.165, 1.54) is 0 Å². The molecule has 94 valence electrons. The van der Waals surface area contributed by atoms with Gasteiger partial charge in [-0.05, 0) is 12.1 Å². The van der Waals surface area contributed by atoms with Crippen LogP contribution in [0.15, 0.2) is 30.3 Å². The Bertz CT molecular complexity index is 569. The maximum absolute atomic E-state index is 11.4. The van der Waals surface area contributed by atoms with Gasteiger partial charge in [-0.25, -0.2) is 4.98 Å². The lowest BCUT2D eigenvalue weighted by atomic mass is 10.1. The molecule has 2 rings (SSSR count). The average Bonchev–Trinajstić information content (AvgIpc) is 2.38. The molecule has 0 unspecified atom stereocenters. The first-order valence-corrected chi connectivity index (χ1v) is 5.65. The molecule has 1 heterocycles. The van der Waals surface area contributed by atoms with Gasteiger partial charge < -0.3 is 15.8 Å². The normalized spacial score (nSPS) is 10.5. The van der Waals surface area contributed by atoms with Crippen LogP contribution in [0.2, 0.25) is 0 Å². The Labute approximate surface area is 105 Å². The fourth-order valence-electron chi connectivity index (χ4n) is 1.71. The molecule has 1 aromatic heterocycles. The first-order chi connectivity index (χ1) is 8.72. The van der Waals surface area contributed by atoms with Crippen molar-refractivity contribution in [3.63, 3.8) is 0 Å². The van der Waals surface area contributed by atoms with Gasteiger partial charge in [0.1, 0.15) is 5.82 Å². The first-order valence-electron chi connectivity index (χ1n) is 5.65. The number of carbonyl (C=O) groups is 1. The predicted molar refractivity (Wildman–Crippen MR) is 70.6 cm³/mol.